The van der Waals surface area contributed by atoms with Crippen molar-refractivity contribution in [3.63, 3.8) is 0 Å². The molecule has 0 aliphatic carbocycles. The molecule has 0 bridgehead atoms. The highest BCUT2D eigenvalue weighted by Crippen LogP contribution is 2.25. The van der Waals surface area contributed by atoms with E-state index in [4.69, 9.17) is 24.7 Å². The Kier molecular flexibility index (Phi) is 9.38. The molecule has 0 aliphatic heterocycles. The van der Waals surface area contributed by atoms with Gasteiger partial charge in [-0.25, -0.2) is 0 Å². The van der Waals surface area contributed by atoms with Gasteiger partial charge in [0.2, 0.25) is 0 Å². The molecule has 0 radical (unpaired) electrons. The number of carbonyl (C=O) groups is 1. The van der Waals surface area contributed by atoms with Crippen LogP contribution in [0.2, 0.25) is 0 Å². The molecule has 0 atom stereocenters. The Balaban J connectivity index is 1.61. The molecule has 2 aromatic heterocycles. The highest BCUT2D eigenvalue weighted by molar-refractivity contribution is 5.94. The van der Waals surface area contributed by atoms with Crippen LogP contribution < -0.4 is 15.8 Å². The van der Waals surface area contributed by atoms with Crippen molar-refractivity contribution in [2.45, 2.75) is 13.0 Å². The molecule has 3 rings (SSSR count). The molecule has 34 heavy (non-hydrogen) atoms. The van der Waals surface area contributed by atoms with E-state index in [1.165, 1.54) is 4.57 Å². The summed E-state index contributed by atoms with van der Waals surface area (Å²) in [4.78, 5) is 24.8. The summed E-state index contributed by atoms with van der Waals surface area (Å²) in [5, 5.41) is 13.2. The number of fused-ring (bicyclic) bond motifs is 1. The predicted octanol–water partition coefficient (Wildman–Crippen LogP) is 0.971. The number of nitrogens with zero attached hydrogens (tertiary/aromatic N) is 4. The Labute approximate surface area is 197 Å². The smallest absolute Gasteiger partial charge is 0.320 e. The number of hydrogen-bond acceptors (Lipinski definition) is 10. The lowest BCUT2D eigenvalue weighted by Gasteiger charge is -2.09. The third-order valence-electron chi connectivity index (χ3n) is 4.84. The Morgan fingerprint density at radius 2 is 1.76 bits per heavy atom. The van der Waals surface area contributed by atoms with Gasteiger partial charge in [-0.1, -0.05) is 12.1 Å². The minimum atomic E-state index is -0.250. The fraction of sp³-hybridized carbons (Fsp3) is 0.455. The molecule has 1 aromatic carbocycles. The zero-order valence-corrected chi connectivity index (χ0v) is 19.3. The van der Waals surface area contributed by atoms with Crippen LogP contribution in [0.1, 0.15) is 22.3 Å². The maximum atomic E-state index is 12.3. The van der Waals surface area contributed by atoms with Crippen molar-refractivity contribution in [1.82, 2.24) is 24.8 Å². The summed E-state index contributed by atoms with van der Waals surface area (Å²) in [6.45, 7) is 3.04. The first-order chi connectivity index (χ1) is 16.5. The van der Waals surface area contributed by atoms with Gasteiger partial charge in [-0.05, 0) is 24.1 Å². The minimum absolute atomic E-state index is 0.0688. The molecule has 3 aromatic rings. The maximum absolute atomic E-state index is 12.3. The van der Waals surface area contributed by atoms with Crippen molar-refractivity contribution in [2.24, 2.45) is 0 Å². The van der Waals surface area contributed by atoms with Gasteiger partial charge in [0.15, 0.2) is 17.0 Å². The number of benzene rings is 1. The maximum Gasteiger partial charge on any atom is 0.320 e. The largest absolute Gasteiger partial charge is 0.480 e. The third kappa shape index (κ3) is 6.76. The molecular weight excluding hydrogens is 444 g/mol. The second-order valence-electron chi connectivity index (χ2n) is 7.31. The summed E-state index contributed by atoms with van der Waals surface area (Å²) in [6, 6.07) is 6.86. The van der Waals surface area contributed by atoms with Gasteiger partial charge in [0.05, 0.1) is 26.4 Å². The molecule has 0 aliphatic rings. The number of carbonyl (C=O) groups excluding carboxylic acids is 1. The van der Waals surface area contributed by atoms with E-state index in [2.05, 4.69) is 20.3 Å². The van der Waals surface area contributed by atoms with Crippen molar-refractivity contribution in [2.75, 3.05) is 59.5 Å². The third-order valence-corrected chi connectivity index (χ3v) is 4.84. The van der Waals surface area contributed by atoms with E-state index >= 15 is 0 Å². The van der Waals surface area contributed by atoms with E-state index in [0.717, 1.165) is 5.56 Å². The highest BCUT2D eigenvalue weighted by atomic mass is 16.5. The van der Waals surface area contributed by atoms with Gasteiger partial charge in [-0.15, -0.1) is 0 Å². The molecule has 0 fully saturated rings. The first-order valence-electron chi connectivity index (χ1n) is 10.8. The number of hydrogen-bond donors (Lipinski definition) is 3. The number of aromatic nitrogens is 4. The lowest BCUT2D eigenvalue weighted by Crippen LogP contribution is -2.25. The average molecular weight is 475 g/mol. The molecular formula is C22H30N6O6. The molecule has 12 nitrogen and oxygen atoms in total. The summed E-state index contributed by atoms with van der Waals surface area (Å²) in [7, 11) is 3.18. The lowest BCUT2D eigenvalue weighted by molar-refractivity contribution is 0.0688. The Bertz CT molecular complexity index is 1070. The van der Waals surface area contributed by atoms with E-state index in [0.29, 0.717) is 50.6 Å². The minimum Gasteiger partial charge on any atom is -0.480 e. The normalized spacial score (nSPS) is 11.1. The summed E-state index contributed by atoms with van der Waals surface area (Å²) in [5.41, 5.74) is 7.94. The molecule has 4 N–H and O–H groups in total. The molecule has 12 heteroatoms. The topological polar surface area (TPSA) is 156 Å². The zero-order chi connectivity index (χ0) is 24.3. The number of methoxy groups -OCH3 is 2. The zero-order valence-electron chi connectivity index (χ0n) is 19.3. The number of anilines is 1. The molecule has 0 spiro atoms. The highest BCUT2D eigenvalue weighted by Gasteiger charge is 2.17. The Morgan fingerprint density at radius 1 is 1.03 bits per heavy atom. The molecule has 2 heterocycles. The predicted molar refractivity (Wildman–Crippen MR) is 124 cm³/mol. The SMILES string of the molecule is COCCOCCCNC(=O)c1ccc(Cn2c(O)nc3c(N)nc(OCCOC)nc32)cc1. The number of rotatable bonds is 14. The van der Waals surface area contributed by atoms with Crippen molar-refractivity contribution in [1.29, 1.82) is 0 Å². The number of amides is 1. The van der Waals surface area contributed by atoms with Crippen LogP contribution in [0.5, 0.6) is 12.0 Å². The van der Waals surface area contributed by atoms with Gasteiger partial charge in [0, 0.05) is 32.9 Å². The number of ether oxygens (including phenoxy) is 4. The van der Waals surface area contributed by atoms with E-state index < -0.39 is 0 Å². The summed E-state index contributed by atoms with van der Waals surface area (Å²) < 4.78 is 22.2. The Hall–Kier alpha value is -3.48. The first kappa shape index (κ1) is 25.1. The van der Waals surface area contributed by atoms with Crippen molar-refractivity contribution in [3.05, 3.63) is 35.4 Å². The summed E-state index contributed by atoms with van der Waals surface area (Å²) in [5.74, 6) is -0.0692. The fourth-order valence-corrected chi connectivity index (χ4v) is 3.08. The number of nitrogen functional groups attached to an aromatic ring is 1. The van der Waals surface area contributed by atoms with Crippen molar-refractivity contribution in [3.8, 4) is 12.0 Å². The van der Waals surface area contributed by atoms with Crippen LogP contribution in [0.25, 0.3) is 11.2 Å². The fourth-order valence-electron chi connectivity index (χ4n) is 3.08. The van der Waals surface area contributed by atoms with E-state index in [1.807, 2.05) is 0 Å². The Morgan fingerprint density at radius 3 is 2.50 bits per heavy atom. The van der Waals surface area contributed by atoms with Crippen LogP contribution in [0, 0.1) is 0 Å². The van der Waals surface area contributed by atoms with Gasteiger partial charge in [0.25, 0.3) is 11.9 Å². The van der Waals surface area contributed by atoms with Gasteiger partial charge < -0.3 is 35.1 Å². The molecule has 0 saturated heterocycles. The number of aromatic hydroxyl groups is 1. The lowest BCUT2D eigenvalue weighted by atomic mass is 10.1. The van der Waals surface area contributed by atoms with Gasteiger partial charge in [-0.2, -0.15) is 15.0 Å². The number of nitrogens with one attached hydrogen (secondary N) is 1. The summed E-state index contributed by atoms with van der Waals surface area (Å²) in [6.07, 6.45) is 0.711. The molecule has 1 amide bonds. The second kappa shape index (κ2) is 12.7. The van der Waals surface area contributed by atoms with Crippen molar-refractivity contribution >= 4 is 22.9 Å². The molecule has 0 unspecified atom stereocenters. The standard InChI is InChI=1S/C22H30N6O6/c1-31-10-12-33-9-3-8-24-20(29)16-6-4-15(5-7-16)14-28-19-17(25-22(28)30)18(23)26-21(27-19)34-13-11-32-2/h4-7H,3,8-14H2,1-2H3,(H,24,29)(H,25,30)(H2,23,26,27). The quantitative estimate of drug-likeness (QED) is 0.288. The summed E-state index contributed by atoms with van der Waals surface area (Å²) >= 11 is 0. The average Bonchev–Trinajstić information content (AvgIpc) is 3.14. The molecule has 184 valence electrons. The van der Waals surface area contributed by atoms with Crippen LogP contribution >= 0.6 is 0 Å². The van der Waals surface area contributed by atoms with Crippen LogP contribution in [0.3, 0.4) is 0 Å². The van der Waals surface area contributed by atoms with Gasteiger partial charge in [0.1, 0.15) is 6.61 Å². The van der Waals surface area contributed by atoms with Crippen molar-refractivity contribution < 1.29 is 28.8 Å². The van der Waals surface area contributed by atoms with Gasteiger partial charge in [-0.3, -0.25) is 9.36 Å². The number of imidazole rings is 1. The first-order valence-corrected chi connectivity index (χ1v) is 10.8. The van der Waals surface area contributed by atoms with Crippen LogP contribution in [0.4, 0.5) is 5.82 Å². The number of nitrogens with two attached hydrogens (primary N) is 1. The van der Waals surface area contributed by atoms with E-state index in [1.54, 1.807) is 38.5 Å². The van der Waals surface area contributed by atoms with Gasteiger partial charge >= 0.3 is 6.01 Å². The second-order valence-corrected chi connectivity index (χ2v) is 7.31. The molecule has 0 saturated carbocycles. The van der Waals surface area contributed by atoms with Crippen LogP contribution in [-0.4, -0.2) is 84.3 Å². The van der Waals surface area contributed by atoms with E-state index in [9.17, 15) is 9.90 Å². The van der Waals surface area contributed by atoms with Crippen LogP contribution in [-0.2, 0) is 20.8 Å². The monoisotopic (exact) mass is 474 g/mol. The van der Waals surface area contributed by atoms with E-state index in [-0.39, 0.29) is 42.4 Å². The van der Waals surface area contributed by atoms with Crippen LogP contribution in [0.15, 0.2) is 24.3 Å².